The molecular formula is C16H23N5O. The zero-order valence-corrected chi connectivity index (χ0v) is 13.2. The molecule has 118 valence electrons. The first-order valence-corrected chi connectivity index (χ1v) is 7.75. The average molecular weight is 301 g/mol. The molecule has 1 heterocycles. The van der Waals surface area contributed by atoms with Crippen LogP contribution in [0.5, 0.6) is 5.75 Å². The monoisotopic (exact) mass is 301 g/mol. The Labute approximate surface area is 131 Å². The van der Waals surface area contributed by atoms with Gasteiger partial charge in [-0.2, -0.15) is 10.1 Å². The lowest BCUT2D eigenvalue weighted by Gasteiger charge is -2.08. The fraction of sp³-hybridized carbons (Fsp3) is 0.438. The van der Waals surface area contributed by atoms with Crippen molar-refractivity contribution in [3.63, 3.8) is 0 Å². The lowest BCUT2D eigenvalue weighted by molar-refractivity contribution is 0.340. The summed E-state index contributed by atoms with van der Waals surface area (Å²) < 4.78 is 5.41. The topological polar surface area (TPSA) is 72.0 Å². The van der Waals surface area contributed by atoms with Gasteiger partial charge in [0.25, 0.3) is 0 Å². The number of aromatic nitrogens is 3. The van der Waals surface area contributed by atoms with Gasteiger partial charge in [0.2, 0.25) is 5.95 Å². The van der Waals surface area contributed by atoms with Crippen molar-refractivity contribution in [2.45, 2.75) is 33.1 Å². The van der Waals surface area contributed by atoms with E-state index < -0.39 is 0 Å². The van der Waals surface area contributed by atoms with Gasteiger partial charge in [0.15, 0.2) is 5.82 Å². The fourth-order valence-electron chi connectivity index (χ4n) is 1.96. The first kappa shape index (κ1) is 16.0. The van der Waals surface area contributed by atoms with Crippen LogP contribution in [0.25, 0.3) is 0 Å². The highest BCUT2D eigenvalue weighted by Gasteiger charge is 2.01. The molecule has 2 aromatic rings. The van der Waals surface area contributed by atoms with Crippen LogP contribution in [0.15, 0.2) is 30.5 Å². The van der Waals surface area contributed by atoms with Crippen LogP contribution in [0.1, 0.15) is 33.1 Å². The summed E-state index contributed by atoms with van der Waals surface area (Å²) in [5.74, 6) is 2.06. The van der Waals surface area contributed by atoms with Gasteiger partial charge in [0.1, 0.15) is 5.75 Å². The molecule has 0 saturated carbocycles. The Hall–Kier alpha value is -2.37. The summed E-state index contributed by atoms with van der Waals surface area (Å²) in [7, 11) is 0. The number of nitrogens with zero attached hydrogens (tertiary/aromatic N) is 3. The first-order chi connectivity index (χ1) is 10.8. The molecule has 2 N–H and O–H groups in total. The number of hydrogen-bond donors (Lipinski definition) is 2. The van der Waals surface area contributed by atoms with Crippen molar-refractivity contribution in [2.24, 2.45) is 0 Å². The quantitative estimate of drug-likeness (QED) is 0.689. The normalized spacial score (nSPS) is 10.3. The lowest BCUT2D eigenvalue weighted by Crippen LogP contribution is -2.06. The van der Waals surface area contributed by atoms with Gasteiger partial charge >= 0.3 is 0 Å². The molecule has 0 spiro atoms. The van der Waals surface area contributed by atoms with Crippen LogP contribution in [-0.2, 0) is 0 Å². The maximum absolute atomic E-state index is 5.41. The number of unbranched alkanes of at least 4 members (excludes halogenated alkanes) is 2. The Morgan fingerprint density at radius 3 is 2.64 bits per heavy atom. The third-order valence-corrected chi connectivity index (χ3v) is 3.07. The molecule has 0 fully saturated rings. The molecule has 1 aromatic carbocycles. The van der Waals surface area contributed by atoms with Crippen molar-refractivity contribution in [2.75, 3.05) is 23.8 Å². The molecule has 22 heavy (non-hydrogen) atoms. The van der Waals surface area contributed by atoms with Crippen LogP contribution < -0.4 is 15.4 Å². The van der Waals surface area contributed by atoms with E-state index in [0.717, 1.165) is 30.2 Å². The summed E-state index contributed by atoms with van der Waals surface area (Å²) in [5.41, 5.74) is 0.897. The number of rotatable bonds is 9. The van der Waals surface area contributed by atoms with Gasteiger partial charge in [0, 0.05) is 12.2 Å². The summed E-state index contributed by atoms with van der Waals surface area (Å²) in [6.07, 6.45) is 5.18. The van der Waals surface area contributed by atoms with Crippen LogP contribution in [0.3, 0.4) is 0 Å². The van der Waals surface area contributed by atoms with E-state index in [1.165, 1.54) is 12.8 Å². The minimum absolute atomic E-state index is 0.477. The molecule has 0 aliphatic heterocycles. The Kier molecular flexibility index (Phi) is 6.41. The molecule has 0 radical (unpaired) electrons. The predicted molar refractivity (Wildman–Crippen MR) is 88.7 cm³/mol. The zero-order valence-electron chi connectivity index (χ0n) is 13.2. The van der Waals surface area contributed by atoms with E-state index in [0.29, 0.717) is 12.6 Å². The van der Waals surface area contributed by atoms with E-state index >= 15 is 0 Å². The summed E-state index contributed by atoms with van der Waals surface area (Å²) >= 11 is 0. The first-order valence-electron chi connectivity index (χ1n) is 7.75. The third-order valence-electron chi connectivity index (χ3n) is 3.07. The predicted octanol–water partition coefficient (Wildman–Crippen LogP) is 3.62. The second-order valence-corrected chi connectivity index (χ2v) is 4.88. The van der Waals surface area contributed by atoms with Crippen LogP contribution >= 0.6 is 0 Å². The summed E-state index contributed by atoms with van der Waals surface area (Å²) in [6.45, 7) is 5.70. The second-order valence-electron chi connectivity index (χ2n) is 4.88. The summed E-state index contributed by atoms with van der Waals surface area (Å²) in [4.78, 5) is 4.40. The van der Waals surface area contributed by atoms with Crippen molar-refractivity contribution in [1.82, 2.24) is 15.2 Å². The van der Waals surface area contributed by atoms with Gasteiger partial charge in [0.05, 0.1) is 12.8 Å². The average Bonchev–Trinajstić information content (AvgIpc) is 2.54. The van der Waals surface area contributed by atoms with Gasteiger partial charge in [-0.05, 0) is 37.6 Å². The van der Waals surface area contributed by atoms with Gasteiger partial charge < -0.3 is 15.4 Å². The van der Waals surface area contributed by atoms with E-state index in [4.69, 9.17) is 4.74 Å². The van der Waals surface area contributed by atoms with Gasteiger partial charge in [-0.15, -0.1) is 5.10 Å². The number of benzene rings is 1. The maximum Gasteiger partial charge on any atom is 0.249 e. The van der Waals surface area contributed by atoms with E-state index in [1.807, 2.05) is 31.2 Å². The Morgan fingerprint density at radius 1 is 1.09 bits per heavy atom. The second kappa shape index (κ2) is 8.81. The molecule has 2 rings (SSSR count). The van der Waals surface area contributed by atoms with Gasteiger partial charge in [-0.3, -0.25) is 0 Å². The summed E-state index contributed by atoms with van der Waals surface area (Å²) in [5, 5.41) is 14.4. The van der Waals surface area contributed by atoms with Crippen LogP contribution in [0.4, 0.5) is 17.5 Å². The van der Waals surface area contributed by atoms with E-state index in [9.17, 15) is 0 Å². The third kappa shape index (κ3) is 5.20. The van der Waals surface area contributed by atoms with Gasteiger partial charge in [-0.1, -0.05) is 19.8 Å². The van der Waals surface area contributed by atoms with Crippen molar-refractivity contribution in [3.8, 4) is 5.75 Å². The highest BCUT2D eigenvalue weighted by molar-refractivity contribution is 5.55. The van der Waals surface area contributed by atoms with Crippen LogP contribution in [-0.4, -0.2) is 28.3 Å². The SMILES string of the molecule is CCCCCNc1cnnc(Nc2ccc(OCC)cc2)n1. The molecule has 0 aliphatic rings. The number of anilines is 3. The lowest BCUT2D eigenvalue weighted by atomic mass is 10.2. The van der Waals surface area contributed by atoms with Crippen molar-refractivity contribution in [1.29, 1.82) is 0 Å². The standard InChI is InChI=1S/C16H23N5O/c1-3-5-6-11-17-15-12-18-21-16(20-15)19-13-7-9-14(10-8-13)22-4-2/h7-10,12H,3-6,11H2,1-2H3,(H2,17,19,20,21). The van der Waals surface area contributed by atoms with Crippen LogP contribution in [0.2, 0.25) is 0 Å². The Balaban J connectivity index is 1.91. The minimum Gasteiger partial charge on any atom is -0.494 e. The summed E-state index contributed by atoms with van der Waals surface area (Å²) in [6, 6.07) is 7.67. The zero-order chi connectivity index (χ0) is 15.6. The van der Waals surface area contributed by atoms with Crippen LogP contribution in [0, 0.1) is 0 Å². The molecular weight excluding hydrogens is 278 g/mol. The number of ether oxygens (including phenoxy) is 1. The smallest absolute Gasteiger partial charge is 0.249 e. The van der Waals surface area contributed by atoms with E-state index in [-0.39, 0.29) is 0 Å². The number of nitrogens with one attached hydrogen (secondary N) is 2. The molecule has 0 atom stereocenters. The molecule has 1 aromatic heterocycles. The van der Waals surface area contributed by atoms with Crippen molar-refractivity contribution in [3.05, 3.63) is 30.5 Å². The molecule has 0 saturated heterocycles. The molecule has 0 amide bonds. The number of hydrogen-bond acceptors (Lipinski definition) is 6. The Morgan fingerprint density at radius 2 is 1.91 bits per heavy atom. The largest absolute Gasteiger partial charge is 0.494 e. The van der Waals surface area contributed by atoms with E-state index in [1.54, 1.807) is 6.20 Å². The minimum atomic E-state index is 0.477. The molecule has 6 nitrogen and oxygen atoms in total. The van der Waals surface area contributed by atoms with Crippen molar-refractivity contribution < 1.29 is 4.74 Å². The molecule has 0 unspecified atom stereocenters. The highest BCUT2D eigenvalue weighted by atomic mass is 16.5. The molecule has 6 heteroatoms. The van der Waals surface area contributed by atoms with E-state index in [2.05, 4.69) is 32.7 Å². The van der Waals surface area contributed by atoms with Gasteiger partial charge in [-0.25, -0.2) is 0 Å². The van der Waals surface area contributed by atoms with Crippen molar-refractivity contribution >= 4 is 17.5 Å². The molecule has 0 bridgehead atoms. The Bertz CT molecular complexity index is 559. The highest BCUT2D eigenvalue weighted by Crippen LogP contribution is 2.18. The maximum atomic E-state index is 5.41. The fourth-order valence-corrected chi connectivity index (χ4v) is 1.96. The molecule has 0 aliphatic carbocycles.